The van der Waals surface area contributed by atoms with Crippen LogP contribution in [0.4, 0.5) is 5.69 Å². The maximum atomic E-state index is 12.0. The van der Waals surface area contributed by atoms with Crippen LogP contribution in [0.2, 0.25) is 0 Å². The number of hydrogen-bond acceptors (Lipinski definition) is 3. The lowest BCUT2D eigenvalue weighted by Crippen LogP contribution is -2.37. The third kappa shape index (κ3) is 2.62. The molecule has 21 heavy (non-hydrogen) atoms. The van der Waals surface area contributed by atoms with Crippen LogP contribution in [-0.2, 0) is 9.84 Å². The van der Waals surface area contributed by atoms with Crippen LogP contribution in [0.1, 0.15) is 0 Å². The van der Waals surface area contributed by atoms with Gasteiger partial charge in [-0.3, -0.25) is 0 Å². The van der Waals surface area contributed by atoms with Gasteiger partial charge in [0.2, 0.25) is 0 Å². The van der Waals surface area contributed by atoms with Crippen molar-refractivity contribution >= 4 is 48.8 Å². The number of halogens is 1. The molecule has 0 unspecified atom stereocenters. The number of anilines is 1. The van der Waals surface area contributed by atoms with Crippen molar-refractivity contribution < 1.29 is 8.42 Å². The molecule has 1 aromatic carbocycles. The van der Waals surface area contributed by atoms with Gasteiger partial charge in [0.15, 0.2) is 14.9 Å². The SMILES string of the molecule is C=CCN1C(=S)N(c2cccc(Br)c2)[C@H]2CS(=O)(=O)C[C@@H]21. The number of benzene rings is 1. The first-order valence-electron chi connectivity index (χ1n) is 6.59. The van der Waals surface area contributed by atoms with Gasteiger partial charge in [0.1, 0.15) is 0 Å². The molecule has 0 aromatic heterocycles. The molecule has 0 radical (unpaired) electrons. The Kier molecular flexibility index (Phi) is 3.83. The summed E-state index contributed by atoms with van der Waals surface area (Å²) in [4.78, 5) is 3.94. The third-order valence-corrected chi connectivity index (χ3v) is 6.51. The predicted molar refractivity (Wildman–Crippen MR) is 92.4 cm³/mol. The minimum absolute atomic E-state index is 0.0838. The Hall–Kier alpha value is -0.920. The zero-order chi connectivity index (χ0) is 15.2. The Morgan fingerprint density at radius 1 is 1.38 bits per heavy atom. The van der Waals surface area contributed by atoms with Gasteiger partial charge in [-0.05, 0) is 30.4 Å². The van der Waals surface area contributed by atoms with Gasteiger partial charge in [0, 0.05) is 16.7 Å². The van der Waals surface area contributed by atoms with Crippen LogP contribution in [0.25, 0.3) is 0 Å². The maximum Gasteiger partial charge on any atom is 0.177 e. The molecule has 2 fully saturated rings. The van der Waals surface area contributed by atoms with E-state index in [2.05, 4.69) is 22.5 Å². The highest BCUT2D eigenvalue weighted by Crippen LogP contribution is 2.35. The molecular formula is C14H15BrN2O2S2. The second-order valence-corrected chi connectivity index (χ2v) is 8.72. The fourth-order valence-corrected chi connectivity index (χ4v) is 5.85. The summed E-state index contributed by atoms with van der Waals surface area (Å²) in [6, 6.07) is 7.59. The lowest BCUT2D eigenvalue weighted by Gasteiger charge is -2.25. The molecule has 2 saturated heterocycles. The van der Waals surface area contributed by atoms with E-state index in [9.17, 15) is 8.42 Å². The molecule has 3 rings (SSSR count). The lowest BCUT2D eigenvalue weighted by molar-refractivity contribution is 0.389. The maximum absolute atomic E-state index is 12.0. The Morgan fingerprint density at radius 2 is 2.10 bits per heavy atom. The van der Waals surface area contributed by atoms with Crippen LogP contribution in [0.15, 0.2) is 41.4 Å². The summed E-state index contributed by atoms with van der Waals surface area (Å²) >= 11 is 9.03. The molecular weight excluding hydrogens is 372 g/mol. The standard InChI is InChI=1S/C14H15BrN2O2S2/c1-2-6-16-12-8-21(18,19)9-13(12)17(14(16)20)11-5-3-4-10(15)7-11/h2-5,7,12-13H,1,6,8-9H2/t12-,13-/m0/s1. The number of nitrogens with zero attached hydrogens (tertiary/aromatic N) is 2. The van der Waals surface area contributed by atoms with Crippen molar-refractivity contribution in [2.75, 3.05) is 23.0 Å². The van der Waals surface area contributed by atoms with E-state index >= 15 is 0 Å². The molecule has 0 spiro atoms. The fraction of sp³-hybridized carbons (Fsp3) is 0.357. The van der Waals surface area contributed by atoms with Gasteiger partial charge in [0.05, 0.1) is 23.6 Å². The highest BCUT2D eigenvalue weighted by molar-refractivity contribution is 9.10. The van der Waals surface area contributed by atoms with Gasteiger partial charge in [-0.1, -0.05) is 28.1 Å². The van der Waals surface area contributed by atoms with E-state index < -0.39 is 9.84 Å². The van der Waals surface area contributed by atoms with Crippen molar-refractivity contribution in [3.8, 4) is 0 Å². The average Bonchev–Trinajstić information content (AvgIpc) is 2.82. The van der Waals surface area contributed by atoms with Crippen molar-refractivity contribution in [2.24, 2.45) is 0 Å². The van der Waals surface area contributed by atoms with Crippen LogP contribution in [-0.4, -0.2) is 48.6 Å². The molecule has 2 aliphatic rings. The second-order valence-electron chi connectivity index (χ2n) is 5.29. The molecule has 0 amide bonds. The van der Waals surface area contributed by atoms with E-state index in [0.717, 1.165) is 10.2 Å². The van der Waals surface area contributed by atoms with E-state index in [1.165, 1.54) is 0 Å². The van der Waals surface area contributed by atoms with E-state index in [-0.39, 0.29) is 23.6 Å². The predicted octanol–water partition coefficient (Wildman–Crippen LogP) is 2.21. The molecule has 1 aromatic rings. The molecule has 2 atom stereocenters. The van der Waals surface area contributed by atoms with Gasteiger partial charge in [0.25, 0.3) is 0 Å². The topological polar surface area (TPSA) is 40.6 Å². The minimum atomic E-state index is -3.02. The summed E-state index contributed by atoms with van der Waals surface area (Å²) in [7, 11) is -3.02. The zero-order valence-corrected chi connectivity index (χ0v) is 14.5. The third-order valence-electron chi connectivity index (χ3n) is 3.89. The average molecular weight is 387 g/mol. The van der Waals surface area contributed by atoms with Crippen LogP contribution in [0.5, 0.6) is 0 Å². The Morgan fingerprint density at radius 3 is 2.76 bits per heavy atom. The summed E-state index contributed by atoms with van der Waals surface area (Å²) in [6.45, 7) is 4.31. The molecule has 0 aliphatic carbocycles. The van der Waals surface area contributed by atoms with Crippen molar-refractivity contribution in [1.29, 1.82) is 0 Å². The van der Waals surface area contributed by atoms with Gasteiger partial charge >= 0.3 is 0 Å². The molecule has 112 valence electrons. The first kappa shape index (κ1) is 15.0. The highest BCUT2D eigenvalue weighted by Gasteiger charge is 2.51. The number of rotatable bonds is 3. The van der Waals surface area contributed by atoms with E-state index in [4.69, 9.17) is 12.2 Å². The van der Waals surface area contributed by atoms with Crippen molar-refractivity contribution in [2.45, 2.75) is 12.1 Å². The molecule has 0 N–H and O–H groups in total. The number of hydrogen-bond donors (Lipinski definition) is 0. The number of fused-ring (bicyclic) bond motifs is 1. The number of sulfone groups is 1. The zero-order valence-electron chi connectivity index (χ0n) is 11.3. The van der Waals surface area contributed by atoms with Crippen LogP contribution < -0.4 is 4.90 Å². The molecule has 0 saturated carbocycles. The summed E-state index contributed by atoms with van der Waals surface area (Å²) in [5.41, 5.74) is 0.924. The Bertz CT molecular complexity index is 705. The molecule has 7 heteroatoms. The van der Waals surface area contributed by atoms with Gasteiger partial charge in [-0.2, -0.15) is 0 Å². The smallest absolute Gasteiger partial charge is 0.177 e. The normalized spacial score (nSPS) is 27.0. The van der Waals surface area contributed by atoms with E-state index in [1.807, 2.05) is 34.1 Å². The monoisotopic (exact) mass is 386 g/mol. The first-order chi connectivity index (χ1) is 9.93. The molecule has 0 bridgehead atoms. The van der Waals surface area contributed by atoms with Crippen molar-refractivity contribution in [3.63, 3.8) is 0 Å². The first-order valence-corrected chi connectivity index (χ1v) is 9.62. The fourth-order valence-electron chi connectivity index (χ4n) is 3.06. The number of thiocarbonyl (C=S) groups is 1. The van der Waals surface area contributed by atoms with Gasteiger partial charge in [-0.25, -0.2) is 8.42 Å². The molecule has 2 heterocycles. The summed E-state index contributed by atoms with van der Waals surface area (Å²) in [5.74, 6) is 0.314. The van der Waals surface area contributed by atoms with Crippen molar-refractivity contribution in [3.05, 3.63) is 41.4 Å². The summed E-state index contributed by atoms with van der Waals surface area (Å²) in [6.07, 6.45) is 1.76. The molecule has 4 nitrogen and oxygen atoms in total. The van der Waals surface area contributed by atoms with Crippen LogP contribution in [0.3, 0.4) is 0 Å². The van der Waals surface area contributed by atoms with E-state index in [1.54, 1.807) is 6.08 Å². The molecule has 2 aliphatic heterocycles. The van der Waals surface area contributed by atoms with Gasteiger partial charge < -0.3 is 9.80 Å². The van der Waals surface area contributed by atoms with E-state index in [0.29, 0.717) is 11.7 Å². The summed E-state index contributed by atoms with van der Waals surface area (Å²) in [5, 5.41) is 0.679. The quantitative estimate of drug-likeness (QED) is 0.588. The van der Waals surface area contributed by atoms with Gasteiger partial charge in [-0.15, -0.1) is 6.58 Å². The van der Waals surface area contributed by atoms with Crippen LogP contribution in [0, 0.1) is 0 Å². The highest BCUT2D eigenvalue weighted by atomic mass is 79.9. The lowest BCUT2D eigenvalue weighted by atomic mass is 10.1. The van der Waals surface area contributed by atoms with Crippen molar-refractivity contribution in [1.82, 2.24) is 4.90 Å². The Labute approximate surface area is 138 Å². The summed E-state index contributed by atoms with van der Waals surface area (Å²) < 4.78 is 25.0. The van der Waals surface area contributed by atoms with Crippen LogP contribution >= 0.6 is 28.1 Å². The Balaban J connectivity index is 2.03. The second kappa shape index (κ2) is 5.37. The minimum Gasteiger partial charge on any atom is -0.339 e. The largest absolute Gasteiger partial charge is 0.339 e.